The monoisotopic (exact) mass is 449 g/mol. The molecule has 0 radical (unpaired) electrons. The lowest BCUT2D eigenvalue weighted by Crippen LogP contribution is -2.26. The number of amides is 1. The van der Waals surface area contributed by atoms with Crippen molar-refractivity contribution in [3.63, 3.8) is 0 Å². The first kappa shape index (κ1) is 18.8. The van der Waals surface area contributed by atoms with E-state index in [1.807, 2.05) is 12.1 Å². The predicted molar refractivity (Wildman–Crippen MR) is 109 cm³/mol. The SMILES string of the molecule is O=C(C[C@H]1S/C(=N\N=C/c2ccc(Cl)cc2)NC1=O)c1ccc(Br)cc1. The van der Waals surface area contributed by atoms with Gasteiger partial charge >= 0.3 is 0 Å². The highest BCUT2D eigenvalue weighted by Gasteiger charge is 2.32. The fraction of sp³-hybridized carbons (Fsp3) is 0.111. The molecule has 1 aliphatic heterocycles. The Balaban J connectivity index is 1.60. The smallest absolute Gasteiger partial charge is 0.240 e. The van der Waals surface area contributed by atoms with Crippen LogP contribution in [0.5, 0.6) is 0 Å². The van der Waals surface area contributed by atoms with Gasteiger partial charge in [-0.2, -0.15) is 5.10 Å². The minimum absolute atomic E-state index is 0.0870. The van der Waals surface area contributed by atoms with E-state index in [0.29, 0.717) is 15.8 Å². The van der Waals surface area contributed by atoms with Gasteiger partial charge in [-0.1, -0.05) is 63.6 Å². The number of nitrogens with zero attached hydrogens (tertiary/aromatic N) is 2. The fourth-order valence-corrected chi connectivity index (χ4v) is 3.52. The molecule has 3 rings (SSSR count). The Morgan fingerprint density at radius 3 is 2.58 bits per heavy atom. The molecule has 1 aliphatic rings. The summed E-state index contributed by atoms with van der Waals surface area (Å²) in [7, 11) is 0. The lowest BCUT2D eigenvalue weighted by molar-refractivity contribution is -0.118. The van der Waals surface area contributed by atoms with Gasteiger partial charge in [0.2, 0.25) is 5.91 Å². The number of Topliss-reactive ketones (excluding diaryl/α,β-unsaturated/α-hetero) is 1. The van der Waals surface area contributed by atoms with Gasteiger partial charge in [-0.25, -0.2) is 0 Å². The van der Waals surface area contributed by atoms with Gasteiger partial charge < -0.3 is 5.32 Å². The van der Waals surface area contributed by atoms with E-state index in [-0.39, 0.29) is 18.1 Å². The minimum Gasteiger partial charge on any atom is -0.303 e. The van der Waals surface area contributed by atoms with Crippen LogP contribution in [0.4, 0.5) is 0 Å². The third-order valence-corrected chi connectivity index (χ3v) is 5.39. The molecule has 2 aromatic rings. The third kappa shape index (κ3) is 5.03. The number of nitrogens with one attached hydrogen (secondary N) is 1. The lowest BCUT2D eigenvalue weighted by Gasteiger charge is -2.04. The summed E-state index contributed by atoms with van der Waals surface area (Å²) in [5.74, 6) is -0.322. The average Bonchev–Trinajstić information content (AvgIpc) is 2.97. The lowest BCUT2D eigenvalue weighted by atomic mass is 10.1. The second-order valence-electron chi connectivity index (χ2n) is 5.43. The van der Waals surface area contributed by atoms with Crippen molar-refractivity contribution in [2.24, 2.45) is 10.2 Å². The molecule has 0 aromatic heterocycles. The van der Waals surface area contributed by atoms with E-state index >= 15 is 0 Å². The maximum absolute atomic E-state index is 12.3. The molecular weight excluding hydrogens is 438 g/mol. The van der Waals surface area contributed by atoms with Gasteiger partial charge in [-0.05, 0) is 29.8 Å². The van der Waals surface area contributed by atoms with Crippen molar-refractivity contribution in [1.82, 2.24) is 5.32 Å². The Morgan fingerprint density at radius 2 is 1.88 bits per heavy atom. The number of hydrogen-bond acceptors (Lipinski definition) is 5. The number of benzene rings is 2. The Bertz CT molecular complexity index is 882. The number of ketones is 1. The molecule has 0 saturated carbocycles. The molecule has 8 heteroatoms. The number of halogens is 2. The predicted octanol–water partition coefficient (Wildman–Crippen LogP) is 4.30. The van der Waals surface area contributed by atoms with Crippen LogP contribution in [0.2, 0.25) is 5.02 Å². The minimum atomic E-state index is -0.504. The zero-order chi connectivity index (χ0) is 18.5. The molecule has 2 aromatic carbocycles. The first-order valence-electron chi connectivity index (χ1n) is 7.64. The van der Waals surface area contributed by atoms with E-state index < -0.39 is 5.25 Å². The first-order valence-corrected chi connectivity index (χ1v) is 9.69. The number of amidine groups is 1. The maximum Gasteiger partial charge on any atom is 0.240 e. The topological polar surface area (TPSA) is 70.9 Å². The van der Waals surface area contributed by atoms with Crippen molar-refractivity contribution in [1.29, 1.82) is 0 Å². The van der Waals surface area contributed by atoms with Crippen molar-refractivity contribution in [3.05, 3.63) is 69.2 Å². The van der Waals surface area contributed by atoms with E-state index in [2.05, 4.69) is 31.4 Å². The first-order chi connectivity index (χ1) is 12.5. The van der Waals surface area contributed by atoms with Crippen LogP contribution in [0.1, 0.15) is 22.3 Å². The fourth-order valence-electron chi connectivity index (χ4n) is 2.21. The molecule has 1 saturated heterocycles. The highest BCUT2D eigenvalue weighted by atomic mass is 79.9. The summed E-state index contributed by atoms with van der Waals surface area (Å²) in [5.41, 5.74) is 1.42. The molecule has 0 aliphatic carbocycles. The van der Waals surface area contributed by atoms with Gasteiger partial charge in [0.25, 0.3) is 0 Å². The summed E-state index contributed by atoms with van der Waals surface area (Å²) < 4.78 is 0.898. The molecule has 0 spiro atoms. The summed E-state index contributed by atoms with van der Waals surface area (Å²) in [6.07, 6.45) is 1.68. The van der Waals surface area contributed by atoms with Crippen LogP contribution in [0.25, 0.3) is 0 Å². The average molecular weight is 451 g/mol. The Labute approximate surface area is 168 Å². The quantitative estimate of drug-likeness (QED) is 0.419. The van der Waals surface area contributed by atoms with E-state index in [9.17, 15) is 9.59 Å². The van der Waals surface area contributed by atoms with Crippen molar-refractivity contribution in [2.75, 3.05) is 0 Å². The Kier molecular flexibility index (Phi) is 6.24. The molecule has 1 amide bonds. The normalized spacial score (nSPS) is 18.5. The number of carbonyl (C=O) groups excluding carboxylic acids is 2. The molecule has 0 bridgehead atoms. The van der Waals surface area contributed by atoms with Crippen molar-refractivity contribution in [3.8, 4) is 0 Å². The van der Waals surface area contributed by atoms with E-state index in [1.54, 1.807) is 42.6 Å². The van der Waals surface area contributed by atoms with Crippen molar-refractivity contribution < 1.29 is 9.59 Å². The van der Waals surface area contributed by atoms with Crippen molar-refractivity contribution in [2.45, 2.75) is 11.7 Å². The molecule has 1 fully saturated rings. The molecule has 5 nitrogen and oxygen atoms in total. The van der Waals surface area contributed by atoms with Crippen LogP contribution in [0.3, 0.4) is 0 Å². The highest BCUT2D eigenvalue weighted by molar-refractivity contribution is 9.10. The van der Waals surface area contributed by atoms with Gasteiger partial charge in [-0.3, -0.25) is 9.59 Å². The van der Waals surface area contributed by atoms with Crippen LogP contribution in [0, 0.1) is 0 Å². The van der Waals surface area contributed by atoms with E-state index in [4.69, 9.17) is 11.6 Å². The molecule has 132 valence electrons. The largest absolute Gasteiger partial charge is 0.303 e. The third-order valence-electron chi connectivity index (χ3n) is 3.54. The number of thioether (sulfide) groups is 1. The molecule has 0 unspecified atom stereocenters. The van der Waals surface area contributed by atoms with Crippen LogP contribution >= 0.6 is 39.3 Å². The molecule has 1 N–H and O–H groups in total. The number of hydrogen-bond donors (Lipinski definition) is 1. The molecule has 26 heavy (non-hydrogen) atoms. The van der Waals surface area contributed by atoms with E-state index in [0.717, 1.165) is 10.0 Å². The van der Waals surface area contributed by atoms with Gasteiger partial charge in [0.1, 0.15) is 0 Å². The van der Waals surface area contributed by atoms with Gasteiger partial charge in [-0.15, -0.1) is 5.10 Å². The summed E-state index contributed by atoms with van der Waals surface area (Å²) in [6, 6.07) is 14.2. The summed E-state index contributed by atoms with van der Waals surface area (Å²) in [4.78, 5) is 24.3. The van der Waals surface area contributed by atoms with Gasteiger partial charge in [0, 0.05) is 21.5 Å². The summed E-state index contributed by atoms with van der Waals surface area (Å²) in [5, 5.41) is 11.1. The van der Waals surface area contributed by atoms with Crippen LogP contribution in [-0.4, -0.2) is 28.3 Å². The van der Waals surface area contributed by atoms with Gasteiger partial charge in [0.05, 0.1) is 11.5 Å². The molecule has 1 heterocycles. The van der Waals surface area contributed by atoms with Crippen LogP contribution in [0.15, 0.2) is 63.2 Å². The second-order valence-corrected chi connectivity index (χ2v) is 7.97. The maximum atomic E-state index is 12.3. The Morgan fingerprint density at radius 1 is 1.19 bits per heavy atom. The highest BCUT2D eigenvalue weighted by Crippen LogP contribution is 2.24. The molecule has 1 atom stereocenters. The van der Waals surface area contributed by atoms with Crippen LogP contribution in [-0.2, 0) is 4.79 Å². The zero-order valence-corrected chi connectivity index (χ0v) is 16.5. The summed E-state index contributed by atoms with van der Waals surface area (Å²) in [6.45, 7) is 0. The second kappa shape index (κ2) is 8.62. The number of carbonyl (C=O) groups is 2. The van der Waals surface area contributed by atoms with E-state index in [1.165, 1.54) is 11.8 Å². The standard InChI is InChI=1S/C18H13BrClN3O2S/c19-13-5-3-12(4-6-13)15(24)9-16-17(25)22-18(26-16)23-21-10-11-1-7-14(20)8-2-11/h1-8,10,16H,9H2,(H,22,23,25)/b21-10-/t16-/m1/s1. The zero-order valence-electron chi connectivity index (χ0n) is 13.4. The number of rotatable bonds is 5. The van der Waals surface area contributed by atoms with Gasteiger partial charge in [0.15, 0.2) is 11.0 Å². The van der Waals surface area contributed by atoms with Crippen molar-refractivity contribution >= 4 is 62.4 Å². The Hall–Kier alpha value is -1.96. The molecular formula is C18H13BrClN3O2S. The summed E-state index contributed by atoms with van der Waals surface area (Å²) >= 11 is 10.4. The van der Waals surface area contributed by atoms with Crippen LogP contribution < -0.4 is 5.32 Å².